The number of rotatable bonds is 3. The summed E-state index contributed by atoms with van der Waals surface area (Å²) in [6.07, 6.45) is 1.35. The molecule has 1 aliphatic rings. The molecule has 0 aliphatic carbocycles. The van der Waals surface area contributed by atoms with E-state index in [-0.39, 0.29) is 6.17 Å². The zero-order valence-electron chi connectivity index (χ0n) is 15.3. The van der Waals surface area contributed by atoms with Crippen molar-refractivity contribution >= 4 is 28.2 Å². The van der Waals surface area contributed by atoms with E-state index < -0.39 is 0 Å². The van der Waals surface area contributed by atoms with E-state index in [1.807, 2.05) is 47.4 Å². The molecule has 5 heteroatoms. The lowest BCUT2D eigenvalue weighted by molar-refractivity contribution is 0.414. The smallest absolute Gasteiger partial charge is 0.205 e. The van der Waals surface area contributed by atoms with Crippen LogP contribution in [0.4, 0.5) is 11.6 Å². The standard InChI is InChI=1S/C23H19N3O2/c1-27-19-10-7-16(8-11-19)22-25-23-20(12-13-28-23)21(24)26(22)18-9-6-15-4-2-3-5-17(15)14-18/h2-14,22,24-25H,1H3. The Kier molecular flexibility index (Phi) is 3.79. The predicted molar refractivity (Wildman–Crippen MR) is 111 cm³/mol. The van der Waals surface area contributed by atoms with Crippen molar-refractivity contribution in [3.8, 4) is 5.75 Å². The molecule has 1 atom stereocenters. The molecule has 4 aromatic rings. The number of hydrogen-bond donors (Lipinski definition) is 2. The van der Waals surface area contributed by atoms with E-state index in [1.54, 1.807) is 13.4 Å². The highest BCUT2D eigenvalue weighted by molar-refractivity contribution is 6.13. The normalized spacial score (nSPS) is 16.0. The summed E-state index contributed by atoms with van der Waals surface area (Å²) >= 11 is 0. The average Bonchev–Trinajstić information content (AvgIpc) is 3.22. The molecule has 0 saturated heterocycles. The minimum atomic E-state index is -0.266. The average molecular weight is 369 g/mol. The highest BCUT2D eigenvalue weighted by Crippen LogP contribution is 2.38. The lowest BCUT2D eigenvalue weighted by Crippen LogP contribution is -2.42. The monoisotopic (exact) mass is 369 g/mol. The summed E-state index contributed by atoms with van der Waals surface area (Å²) in [6.45, 7) is 0. The molecule has 5 nitrogen and oxygen atoms in total. The zero-order valence-corrected chi connectivity index (χ0v) is 15.3. The van der Waals surface area contributed by atoms with Gasteiger partial charge in [-0.15, -0.1) is 0 Å². The summed E-state index contributed by atoms with van der Waals surface area (Å²) in [6, 6.07) is 24.2. The van der Waals surface area contributed by atoms with Crippen LogP contribution in [-0.2, 0) is 0 Å². The van der Waals surface area contributed by atoms with Crippen molar-refractivity contribution in [1.29, 1.82) is 5.41 Å². The molecule has 1 unspecified atom stereocenters. The second-order valence-electron chi connectivity index (χ2n) is 6.73. The summed E-state index contributed by atoms with van der Waals surface area (Å²) in [5.74, 6) is 1.81. The Balaban J connectivity index is 1.64. The van der Waals surface area contributed by atoms with Crippen molar-refractivity contribution in [3.05, 3.63) is 90.2 Å². The Morgan fingerprint density at radius 1 is 0.964 bits per heavy atom. The Morgan fingerprint density at radius 2 is 1.75 bits per heavy atom. The molecule has 0 amide bonds. The topological polar surface area (TPSA) is 61.5 Å². The Morgan fingerprint density at radius 3 is 2.54 bits per heavy atom. The number of fused-ring (bicyclic) bond motifs is 2. The van der Waals surface area contributed by atoms with Gasteiger partial charge in [-0.25, -0.2) is 0 Å². The van der Waals surface area contributed by atoms with Crippen molar-refractivity contribution in [2.75, 3.05) is 17.3 Å². The van der Waals surface area contributed by atoms with E-state index in [1.165, 1.54) is 5.39 Å². The third kappa shape index (κ3) is 2.60. The molecular weight excluding hydrogens is 350 g/mol. The van der Waals surface area contributed by atoms with Gasteiger partial charge in [-0.05, 0) is 46.7 Å². The summed E-state index contributed by atoms with van der Waals surface area (Å²) in [5, 5.41) is 14.6. The Bertz CT molecular complexity index is 1160. The predicted octanol–water partition coefficient (Wildman–Crippen LogP) is 5.40. The first kappa shape index (κ1) is 16.4. The number of anilines is 2. The third-order valence-electron chi connectivity index (χ3n) is 5.13. The van der Waals surface area contributed by atoms with Gasteiger partial charge < -0.3 is 19.4 Å². The maximum absolute atomic E-state index is 8.85. The first-order valence-electron chi connectivity index (χ1n) is 9.09. The minimum Gasteiger partial charge on any atom is -0.497 e. The van der Waals surface area contributed by atoms with Crippen molar-refractivity contribution < 1.29 is 9.15 Å². The lowest BCUT2D eigenvalue weighted by Gasteiger charge is -2.38. The van der Waals surface area contributed by atoms with Gasteiger partial charge in [0, 0.05) is 5.69 Å². The van der Waals surface area contributed by atoms with Crippen LogP contribution in [-0.4, -0.2) is 12.9 Å². The summed E-state index contributed by atoms with van der Waals surface area (Å²) in [4.78, 5) is 1.99. The van der Waals surface area contributed by atoms with Gasteiger partial charge in [0.15, 0.2) is 0 Å². The van der Waals surface area contributed by atoms with Crippen LogP contribution in [0.3, 0.4) is 0 Å². The fourth-order valence-electron chi connectivity index (χ4n) is 3.68. The van der Waals surface area contributed by atoms with Crippen molar-refractivity contribution in [2.45, 2.75) is 6.17 Å². The first-order chi connectivity index (χ1) is 13.7. The van der Waals surface area contributed by atoms with Gasteiger partial charge in [0.25, 0.3) is 0 Å². The summed E-state index contributed by atoms with van der Waals surface area (Å²) < 4.78 is 10.9. The van der Waals surface area contributed by atoms with Crippen LogP contribution in [0.5, 0.6) is 5.75 Å². The van der Waals surface area contributed by atoms with Crippen LogP contribution in [0.2, 0.25) is 0 Å². The molecule has 3 aromatic carbocycles. The number of benzene rings is 3. The van der Waals surface area contributed by atoms with Crippen LogP contribution in [0.1, 0.15) is 17.3 Å². The van der Waals surface area contributed by atoms with Crippen LogP contribution in [0.15, 0.2) is 83.5 Å². The van der Waals surface area contributed by atoms with E-state index in [0.29, 0.717) is 11.7 Å². The van der Waals surface area contributed by atoms with Crippen molar-refractivity contribution in [2.24, 2.45) is 0 Å². The van der Waals surface area contributed by atoms with Crippen molar-refractivity contribution in [3.63, 3.8) is 0 Å². The number of ether oxygens (including phenoxy) is 1. The summed E-state index contributed by atoms with van der Waals surface area (Å²) in [5.41, 5.74) is 2.71. The molecule has 0 radical (unpaired) electrons. The molecule has 5 rings (SSSR count). The number of nitrogens with one attached hydrogen (secondary N) is 2. The molecule has 2 heterocycles. The highest BCUT2D eigenvalue weighted by Gasteiger charge is 2.33. The highest BCUT2D eigenvalue weighted by atomic mass is 16.5. The molecule has 1 aromatic heterocycles. The van der Waals surface area contributed by atoms with Crippen molar-refractivity contribution in [1.82, 2.24) is 0 Å². The van der Waals surface area contributed by atoms with Crippen LogP contribution in [0.25, 0.3) is 10.8 Å². The van der Waals surface area contributed by atoms with E-state index in [9.17, 15) is 0 Å². The molecule has 138 valence electrons. The molecule has 2 N–H and O–H groups in total. The minimum absolute atomic E-state index is 0.266. The zero-order chi connectivity index (χ0) is 19.1. The summed E-state index contributed by atoms with van der Waals surface area (Å²) in [7, 11) is 1.65. The van der Waals surface area contributed by atoms with Gasteiger partial charge in [0.2, 0.25) is 5.88 Å². The second-order valence-corrected chi connectivity index (χ2v) is 6.73. The van der Waals surface area contributed by atoms with Crippen LogP contribution in [0, 0.1) is 5.41 Å². The SMILES string of the molecule is COc1ccc(C2Nc3occc3C(=N)N2c2ccc3ccccc3c2)cc1. The number of nitrogens with zero attached hydrogens (tertiary/aromatic N) is 1. The lowest BCUT2D eigenvalue weighted by atomic mass is 10.0. The first-order valence-corrected chi connectivity index (χ1v) is 9.09. The maximum atomic E-state index is 8.85. The molecule has 0 bridgehead atoms. The van der Waals surface area contributed by atoms with E-state index in [2.05, 4.69) is 35.6 Å². The van der Waals surface area contributed by atoms with Gasteiger partial charge >= 0.3 is 0 Å². The van der Waals surface area contributed by atoms with E-state index in [4.69, 9.17) is 14.6 Å². The Labute approximate surface area is 162 Å². The van der Waals surface area contributed by atoms with Gasteiger partial charge in [-0.3, -0.25) is 5.41 Å². The molecule has 28 heavy (non-hydrogen) atoms. The number of hydrogen-bond acceptors (Lipinski definition) is 4. The number of furan rings is 1. The van der Waals surface area contributed by atoms with Gasteiger partial charge in [-0.1, -0.05) is 42.5 Å². The third-order valence-corrected chi connectivity index (χ3v) is 5.13. The number of methoxy groups -OCH3 is 1. The second kappa shape index (κ2) is 6.46. The fraction of sp³-hybridized carbons (Fsp3) is 0.0870. The fourth-order valence-corrected chi connectivity index (χ4v) is 3.68. The van der Waals surface area contributed by atoms with Crippen LogP contribution < -0.4 is 15.0 Å². The largest absolute Gasteiger partial charge is 0.497 e. The molecule has 0 fully saturated rings. The number of amidine groups is 1. The van der Waals surface area contributed by atoms with Crippen LogP contribution >= 0.6 is 0 Å². The Hall–Kier alpha value is -3.73. The molecule has 1 aliphatic heterocycles. The van der Waals surface area contributed by atoms with Gasteiger partial charge in [0.1, 0.15) is 17.8 Å². The van der Waals surface area contributed by atoms with Gasteiger partial charge in [-0.2, -0.15) is 0 Å². The molecular formula is C23H19N3O2. The van der Waals surface area contributed by atoms with Gasteiger partial charge in [0.05, 0.1) is 18.9 Å². The van der Waals surface area contributed by atoms with E-state index in [0.717, 1.165) is 28.0 Å². The molecule has 0 saturated carbocycles. The maximum Gasteiger partial charge on any atom is 0.205 e. The quantitative estimate of drug-likeness (QED) is 0.508. The molecule has 0 spiro atoms. The van der Waals surface area contributed by atoms with E-state index >= 15 is 0 Å².